The van der Waals surface area contributed by atoms with Crippen molar-refractivity contribution < 1.29 is 0 Å². The van der Waals surface area contributed by atoms with E-state index in [4.69, 9.17) is 5.73 Å². The highest BCUT2D eigenvalue weighted by Gasteiger charge is 1.95. The van der Waals surface area contributed by atoms with E-state index in [1.165, 1.54) is 0 Å². The molecule has 0 saturated heterocycles. The molecule has 0 fully saturated rings. The van der Waals surface area contributed by atoms with Crippen molar-refractivity contribution >= 4 is 28.3 Å². The van der Waals surface area contributed by atoms with Crippen LogP contribution in [0.4, 0.5) is 5.69 Å². The summed E-state index contributed by atoms with van der Waals surface area (Å²) in [5.41, 5.74) is 7.53. The van der Waals surface area contributed by atoms with Crippen LogP contribution in [0.5, 0.6) is 0 Å². The Hall–Kier alpha value is -0.320. The molecular weight excluding hydrogens is 239 g/mol. The van der Waals surface area contributed by atoms with Gasteiger partial charge in [-0.2, -0.15) is 0 Å². The van der Waals surface area contributed by atoms with Gasteiger partial charge in [0.25, 0.3) is 0 Å². The van der Waals surface area contributed by atoms with E-state index in [9.17, 15) is 0 Å². The number of aryl methyl sites for hydroxylation is 1. The lowest BCUT2D eigenvalue weighted by Gasteiger charge is -1.98. The Morgan fingerprint density at radius 3 is 2.90 bits per heavy atom. The van der Waals surface area contributed by atoms with Crippen LogP contribution in [-0.2, 0) is 6.42 Å². The summed E-state index contributed by atoms with van der Waals surface area (Å²) in [6.07, 6.45) is 2.75. The molecule has 0 aliphatic rings. The van der Waals surface area contributed by atoms with Crippen LogP contribution in [0, 0.1) is 3.57 Å². The average Bonchev–Trinajstić information content (AvgIpc) is 1.95. The molecule has 0 atom stereocenters. The van der Waals surface area contributed by atoms with Crippen molar-refractivity contribution in [3.8, 4) is 0 Å². The summed E-state index contributed by atoms with van der Waals surface area (Å²) in [5.74, 6) is 0. The molecule has 54 valence electrons. The molecule has 1 heterocycles. The highest BCUT2D eigenvalue weighted by atomic mass is 127. The van der Waals surface area contributed by atoms with E-state index in [-0.39, 0.29) is 0 Å². The molecule has 0 spiro atoms. The number of hydrogen-bond donors (Lipinski definition) is 1. The zero-order valence-corrected chi connectivity index (χ0v) is 7.92. The number of rotatable bonds is 1. The zero-order valence-electron chi connectivity index (χ0n) is 5.76. The minimum absolute atomic E-state index is 0.826. The molecule has 10 heavy (non-hydrogen) atoms. The third-order valence-corrected chi connectivity index (χ3v) is 2.21. The van der Waals surface area contributed by atoms with Gasteiger partial charge in [-0.1, -0.05) is 6.92 Å². The molecule has 2 nitrogen and oxygen atoms in total. The lowest BCUT2D eigenvalue weighted by molar-refractivity contribution is 1.03. The van der Waals surface area contributed by atoms with Crippen LogP contribution in [0.3, 0.4) is 0 Å². The van der Waals surface area contributed by atoms with Crippen LogP contribution < -0.4 is 5.73 Å². The minimum Gasteiger partial charge on any atom is -0.398 e. The van der Waals surface area contributed by atoms with Crippen molar-refractivity contribution in [2.24, 2.45) is 0 Å². The second-order valence-electron chi connectivity index (χ2n) is 2.05. The largest absolute Gasteiger partial charge is 0.398 e. The third-order valence-electron chi connectivity index (χ3n) is 1.30. The third kappa shape index (κ3) is 1.59. The molecule has 1 aromatic rings. The van der Waals surface area contributed by atoms with Crippen LogP contribution in [0.25, 0.3) is 0 Å². The first-order chi connectivity index (χ1) is 4.74. The Kier molecular flexibility index (Phi) is 2.48. The Morgan fingerprint density at radius 1 is 1.70 bits per heavy atom. The first-order valence-corrected chi connectivity index (χ1v) is 4.21. The maximum absolute atomic E-state index is 5.65. The Balaban J connectivity index is 3.04. The number of anilines is 1. The van der Waals surface area contributed by atoms with Crippen molar-refractivity contribution in [1.82, 2.24) is 4.98 Å². The van der Waals surface area contributed by atoms with Gasteiger partial charge in [0.1, 0.15) is 0 Å². The van der Waals surface area contributed by atoms with Crippen molar-refractivity contribution in [3.05, 3.63) is 21.5 Å². The van der Waals surface area contributed by atoms with E-state index < -0.39 is 0 Å². The number of nitrogen functional groups attached to an aromatic ring is 1. The van der Waals surface area contributed by atoms with Gasteiger partial charge in [0.05, 0.1) is 3.57 Å². The molecular formula is C7H9IN2. The van der Waals surface area contributed by atoms with E-state index in [0.29, 0.717) is 0 Å². The van der Waals surface area contributed by atoms with Gasteiger partial charge in [-0.25, -0.2) is 0 Å². The maximum Gasteiger partial charge on any atom is 0.0543 e. The summed E-state index contributed by atoms with van der Waals surface area (Å²) in [6.45, 7) is 2.06. The smallest absolute Gasteiger partial charge is 0.0543 e. The Bertz CT molecular complexity index is 235. The van der Waals surface area contributed by atoms with E-state index in [2.05, 4.69) is 34.5 Å². The van der Waals surface area contributed by atoms with Gasteiger partial charge in [0.2, 0.25) is 0 Å². The van der Waals surface area contributed by atoms with Crippen molar-refractivity contribution in [2.75, 3.05) is 5.73 Å². The first kappa shape index (κ1) is 7.78. The first-order valence-electron chi connectivity index (χ1n) is 3.14. The van der Waals surface area contributed by atoms with E-state index in [1.807, 2.05) is 6.07 Å². The summed E-state index contributed by atoms with van der Waals surface area (Å²) in [4.78, 5) is 4.17. The van der Waals surface area contributed by atoms with Gasteiger partial charge in [-0.3, -0.25) is 4.98 Å². The molecule has 0 saturated carbocycles. The van der Waals surface area contributed by atoms with Crippen LogP contribution in [0.15, 0.2) is 12.3 Å². The number of nitrogens with two attached hydrogens (primary N) is 1. The molecule has 0 amide bonds. The fourth-order valence-electron chi connectivity index (χ4n) is 0.693. The summed E-state index contributed by atoms with van der Waals surface area (Å²) in [6, 6.07) is 1.92. The van der Waals surface area contributed by atoms with Gasteiger partial charge in [0, 0.05) is 17.6 Å². The molecule has 1 aromatic heterocycles. The van der Waals surface area contributed by atoms with Crippen molar-refractivity contribution in [3.63, 3.8) is 0 Å². The van der Waals surface area contributed by atoms with E-state index in [1.54, 1.807) is 6.20 Å². The Labute approximate surface area is 74.0 Å². The lowest BCUT2D eigenvalue weighted by atomic mass is 10.3. The molecule has 0 bridgehead atoms. The van der Waals surface area contributed by atoms with E-state index >= 15 is 0 Å². The quantitative estimate of drug-likeness (QED) is 0.770. The van der Waals surface area contributed by atoms with Gasteiger partial charge in [-0.05, 0) is 35.1 Å². The zero-order chi connectivity index (χ0) is 7.56. The van der Waals surface area contributed by atoms with Crippen LogP contribution >= 0.6 is 22.6 Å². The number of halogens is 1. The minimum atomic E-state index is 0.826. The summed E-state index contributed by atoms with van der Waals surface area (Å²) in [5, 5.41) is 0. The summed E-state index contributed by atoms with van der Waals surface area (Å²) < 4.78 is 1.02. The highest BCUT2D eigenvalue weighted by Crippen LogP contribution is 2.13. The fraction of sp³-hybridized carbons (Fsp3) is 0.286. The molecule has 1 rings (SSSR count). The van der Waals surface area contributed by atoms with Crippen LogP contribution in [-0.4, -0.2) is 4.98 Å². The Morgan fingerprint density at radius 2 is 2.40 bits per heavy atom. The molecule has 0 aromatic carbocycles. The SMILES string of the molecule is CCc1cc(N)c(I)cn1. The highest BCUT2D eigenvalue weighted by molar-refractivity contribution is 14.1. The molecule has 3 heteroatoms. The van der Waals surface area contributed by atoms with Gasteiger partial charge in [-0.15, -0.1) is 0 Å². The number of pyridine rings is 1. The predicted octanol–water partition coefficient (Wildman–Crippen LogP) is 1.83. The molecule has 0 unspecified atom stereocenters. The summed E-state index contributed by atoms with van der Waals surface area (Å²) >= 11 is 2.17. The van der Waals surface area contributed by atoms with Gasteiger partial charge < -0.3 is 5.73 Å². The number of aromatic nitrogens is 1. The second-order valence-corrected chi connectivity index (χ2v) is 3.21. The standard InChI is InChI=1S/C7H9IN2/c1-2-5-3-7(9)6(8)4-10-5/h3-4H,2H2,1H3,(H2,9,10). The molecule has 0 aliphatic carbocycles. The van der Waals surface area contributed by atoms with Crippen molar-refractivity contribution in [2.45, 2.75) is 13.3 Å². The fourth-order valence-corrected chi connectivity index (χ4v) is 0.988. The average molecular weight is 248 g/mol. The van der Waals surface area contributed by atoms with Gasteiger partial charge >= 0.3 is 0 Å². The maximum atomic E-state index is 5.65. The lowest BCUT2D eigenvalue weighted by Crippen LogP contribution is -1.94. The van der Waals surface area contributed by atoms with E-state index in [0.717, 1.165) is 21.4 Å². The normalized spacial score (nSPS) is 9.80. The number of hydrogen-bond acceptors (Lipinski definition) is 2. The molecule has 0 radical (unpaired) electrons. The topological polar surface area (TPSA) is 38.9 Å². The predicted molar refractivity (Wildman–Crippen MR) is 50.7 cm³/mol. The van der Waals surface area contributed by atoms with Crippen molar-refractivity contribution in [1.29, 1.82) is 0 Å². The van der Waals surface area contributed by atoms with Gasteiger partial charge in [0.15, 0.2) is 0 Å². The van der Waals surface area contributed by atoms with Crippen LogP contribution in [0.1, 0.15) is 12.6 Å². The molecule has 0 aliphatic heterocycles. The number of nitrogens with zero attached hydrogens (tertiary/aromatic N) is 1. The summed E-state index contributed by atoms with van der Waals surface area (Å²) in [7, 11) is 0. The second kappa shape index (κ2) is 3.18. The monoisotopic (exact) mass is 248 g/mol. The molecule has 2 N–H and O–H groups in total. The van der Waals surface area contributed by atoms with Crippen LogP contribution in [0.2, 0.25) is 0 Å².